The summed E-state index contributed by atoms with van der Waals surface area (Å²) in [6.07, 6.45) is 0. The summed E-state index contributed by atoms with van der Waals surface area (Å²) in [5.41, 5.74) is 0.313. The maximum atomic E-state index is 14.0. The summed E-state index contributed by atoms with van der Waals surface area (Å²) in [6.45, 7) is 6.56. The van der Waals surface area contributed by atoms with E-state index in [1.165, 1.54) is 42.3 Å². The number of rotatable bonds is 10. The van der Waals surface area contributed by atoms with E-state index >= 15 is 0 Å². The number of carbonyl (C=O) groups excluding carboxylic acids is 2. The molecule has 0 spiro atoms. The van der Waals surface area contributed by atoms with Crippen LogP contribution in [0.15, 0.2) is 77.7 Å². The number of amides is 2. The van der Waals surface area contributed by atoms with Crippen molar-refractivity contribution in [1.82, 2.24) is 10.2 Å². The molecular formula is C29H33Cl2N3O5S. The minimum Gasteiger partial charge on any atom is -0.497 e. The topological polar surface area (TPSA) is 96.0 Å². The predicted molar refractivity (Wildman–Crippen MR) is 158 cm³/mol. The highest BCUT2D eigenvalue weighted by Gasteiger charge is 2.33. The Hall–Kier alpha value is -3.27. The van der Waals surface area contributed by atoms with Gasteiger partial charge in [-0.15, -0.1) is 0 Å². The zero-order valence-corrected chi connectivity index (χ0v) is 25.3. The lowest BCUT2D eigenvalue weighted by Crippen LogP contribution is -2.54. The van der Waals surface area contributed by atoms with Gasteiger partial charge in [-0.2, -0.15) is 0 Å². The van der Waals surface area contributed by atoms with Crippen LogP contribution in [0.1, 0.15) is 33.3 Å². The van der Waals surface area contributed by atoms with E-state index in [4.69, 9.17) is 27.9 Å². The maximum Gasteiger partial charge on any atom is 0.264 e. The number of halogens is 2. The van der Waals surface area contributed by atoms with Gasteiger partial charge in [0, 0.05) is 12.1 Å². The van der Waals surface area contributed by atoms with Crippen LogP contribution in [0.4, 0.5) is 5.69 Å². The lowest BCUT2D eigenvalue weighted by molar-refractivity contribution is -0.140. The minimum atomic E-state index is -4.21. The van der Waals surface area contributed by atoms with E-state index in [2.05, 4.69) is 5.32 Å². The summed E-state index contributed by atoms with van der Waals surface area (Å²) in [4.78, 5) is 28.5. The Kier molecular flexibility index (Phi) is 10.1. The quantitative estimate of drug-likeness (QED) is 0.328. The maximum absolute atomic E-state index is 14.0. The van der Waals surface area contributed by atoms with Crippen molar-refractivity contribution in [3.8, 4) is 5.75 Å². The monoisotopic (exact) mass is 605 g/mol. The summed E-state index contributed by atoms with van der Waals surface area (Å²) in [5, 5.41) is 3.26. The van der Waals surface area contributed by atoms with Crippen LogP contribution in [0.3, 0.4) is 0 Å². The first-order valence-corrected chi connectivity index (χ1v) is 14.7. The Labute approximate surface area is 245 Å². The van der Waals surface area contributed by atoms with Crippen molar-refractivity contribution in [3.63, 3.8) is 0 Å². The van der Waals surface area contributed by atoms with Gasteiger partial charge in [-0.3, -0.25) is 13.9 Å². The average Bonchev–Trinajstić information content (AvgIpc) is 2.91. The molecule has 0 aliphatic heterocycles. The van der Waals surface area contributed by atoms with E-state index in [-0.39, 0.29) is 33.1 Å². The second-order valence-electron chi connectivity index (χ2n) is 10.2. The molecule has 1 N–H and O–H groups in total. The molecule has 2 amide bonds. The first kappa shape index (κ1) is 31.3. The summed E-state index contributed by atoms with van der Waals surface area (Å²) in [7, 11) is -2.67. The minimum absolute atomic E-state index is 0.00765. The normalized spacial score (nSPS) is 12.4. The SMILES string of the molecule is COc1cccc(CN(C(=O)CN(c2ccc(Cl)c(Cl)c2)S(=O)(=O)c2ccccc2)[C@@H](C)C(=O)NC(C)(C)C)c1. The van der Waals surface area contributed by atoms with Crippen LogP contribution in [-0.4, -0.2) is 50.4 Å². The molecule has 214 valence electrons. The van der Waals surface area contributed by atoms with Gasteiger partial charge in [0.15, 0.2) is 0 Å². The second-order valence-corrected chi connectivity index (χ2v) is 12.9. The molecule has 0 bridgehead atoms. The lowest BCUT2D eigenvalue weighted by Gasteiger charge is -2.33. The van der Waals surface area contributed by atoms with Crippen LogP contribution in [0.2, 0.25) is 10.0 Å². The molecule has 8 nitrogen and oxygen atoms in total. The van der Waals surface area contributed by atoms with E-state index in [0.717, 1.165) is 4.31 Å². The number of carbonyl (C=O) groups is 2. The highest BCUT2D eigenvalue weighted by Crippen LogP contribution is 2.31. The molecule has 40 heavy (non-hydrogen) atoms. The fourth-order valence-electron chi connectivity index (χ4n) is 3.91. The van der Waals surface area contributed by atoms with Crippen molar-refractivity contribution >= 4 is 50.7 Å². The number of benzene rings is 3. The van der Waals surface area contributed by atoms with E-state index in [1.807, 2.05) is 20.8 Å². The molecular weight excluding hydrogens is 573 g/mol. The molecule has 0 aliphatic carbocycles. The van der Waals surface area contributed by atoms with Crippen LogP contribution in [0, 0.1) is 0 Å². The molecule has 0 saturated carbocycles. The summed E-state index contributed by atoms with van der Waals surface area (Å²) < 4.78 is 33.9. The molecule has 11 heteroatoms. The third kappa shape index (κ3) is 7.90. The Balaban J connectivity index is 2.06. The van der Waals surface area contributed by atoms with E-state index in [0.29, 0.717) is 11.3 Å². The largest absolute Gasteiger partial charge is 0.497 e. The second kappa shape index (κ2) is 12.9. The highest BCUT2D eigenvalue weighted by molar-refractivity contribution is 7.92. The third-order valence-corrected chi connectivity index (χ3v) is 8.48. The third-order valence-electron chi connectivity index (χ3n) is 5.95. The van der Waals surface area contributed by atoms with Crippen LogP contribution >= 0.6 is 23.2 Å². The molecule has 3 aromatic carbocycles. The number of nitrogens with zero attached hydrogens (tertiary/aromatic N) is 2. The number of sulfonamides is 1. The molecule has 0 radical (unpaired) electrons. The smallest absolute Gasteiger partial charge is 0.264 e. The number of hydrogen-bond donors (Lipinski definition) is 1. The van der Waals surface area contributed by atoms with Gasteiger partial charge in [-0.05, 0) is 75.7 Å². The van der Waals surface area contributed by atoms with E-state index in [9.17, 15) is 18.0 Å². The van der Waals surface area contributed by atoms with Crippen molar-refractivity contribution in [2.24, 2.45) is 0 Å². The number of methoxy groups -OCH3 is 1. The summed E-state index contributed by atoms with van der Waals surface area (Å²) >= 11 is 12.3. The molecule has 1 atom stereocenters. The van der Waals surface area contributed by atoms with Crippen LogP contribution in [-0.2, 0) is 26.2 Å². The Morgan fingerprint density at radius 1 is 0.950 bits per heavy atom. The van der Waals surface area contributed by atoms with Gasteiger partial charge in [0.2, 0.25) is 11.8 Å². The van der Waals surface area contributed by atoms with Crippen molar-refractivity contribution in [1.29, 1.82) is 0 Å². The van der Waals surface area contributed by atoms with E-state index in [1.54, 1.807) is 49.4 Å². The van der Waals surface area contributed by atoms with Gasteiger partial charge in [0.25, 0.3) is 10.0 Å². The van der Waals surface area contributed by atoms with Crippen LogP contribution in [0.5, 0.6) is 5.75 Å². The first-order valence-electron chi connectivity index (χ1n) is 12.5. The number of hydrogen-bond acceptors (Lipinski definition) is 5. The standard InChI is InChI=1S/C29H33Cl2N3O5S/c1-20(28(36)32-29(2,3)4)33(18-21-10-9-11-23(16-21)39-5)27(35)19-34(22-14-15-25(30)26(31)17-22)40(37,38)24-12-7-6-8-13-24/h6-17,20H,18-19H2,1-5H3,(H,32,36)/t20-/m0/s1. The first-order chi connectivity index (χ1) is 18.7. The highest BCUT2D eigenvalue weighted by atomic mass is 35.5. The van der Waals surface area contributed by atoms with Gasteiger partial charge in [-0.1, -0.05) is 53.5 Å². The Morgan fingerprint density at radius 2 is 1.62 bits per heavy atom. The van der Waals surface area contributed by atoms with Crippen LogP contribution in [0.25, 0.3) is 0 Å². The van der Waals surface area contributed by atoms with Gasteiger partial charge < -0.3 is 15.0 Å². The molecule has 0 unspecified atom stereocenters. The van der Waals surface area contributed by atoms with Crippen molar-refractivity contribution in [2.75, 3.05) is 18.0 Å². The number of nitrogens with one attached hydrogen (secondary N) is 1. The van der Waals surface area contributed by atoms with Crippen molar-refractivity contribution < 1.29 is 22.7 Å². The molecule has 0 fully saturated rings. The molecule has 0 heterocycles. The molecule has 0 aliphatic rings. The zero-order chi connectivity index (χ0) is 29.7. The fourth-order valence-corrected chi connectivity index (χ4v) is 5.63. The summed E-state index contributed by atoms with van der Waals surface area (Å²) in [5.74, 6) is -0.388. The number of anilines is 1. The van der Waals surface area contributed by atoms with Gasteiger partial charge in [0.05, 0.1) is 27.7 Å². The summed E-state index contributed by atoms with van der Waals surface area (Å²) in [6, 6.07) is 18.3. The van der Waals surface area contributed by atoms with Crippen molar-refractivity contribution in [3.05, 3.63) is 88.4 Å². The molecule has 3 rings (SSSR count). The van der Waals surface area contributed by atoms with Gasteiger partial charge in [-0.25, -0.2) is 8.42 Å². The number of ether oxygens (including phenoxy) is 1. The lowest BCUT2D eigenvalue weighted by atomic mass is 10.1. The van der Waals surface area contributed by atoms with E-state index < -0.39 is 34.1 Å². The van der Waals surface area contributed by atoms with Gasteiger partial charge >= 0.3 is 0 Å². The Morgan fingerprint density at radius 3 is 2.23 bits per heavy atom. The molecule has 3 aromatic rings. The predicted octanol–water partition coefficient (Wildman–Crippen LogP) is 5.53. The van der Waals surface area contributed by atoms with Gasteiger partial charge in [0.1, 0.15) is 18.3 Å². The molecule has 0 saturated heterocycles. The Bertz CT molecular complexity index is 1460. The zero-order valence-electron chi connectivity index (χ0n) is 23.0. The van der Waals surface area contributed by atoms with Crippen LogP contribution < -0.4 is 14.4 Å². The molecule has 0 aromatic heterocycles. The van der Waals surface area contributed by atoms with Crippen molar-refractivity contribution in [2.45, 2.75) is 50.7 Å². The fraction of sp³-hybridized carbons (Fsp3) is 0.310. The average molecular weight is 607 g/mol.